The lowest BCUT2D eigenvalue weighted by molar-refractivity contribution is -0.143. The Morgan fingerprint density at radius 3 is 1.10 bits per heavy atom. The molecule has 0 fully saturated rings. The van der Waals surface area contributed by atoms with Gasteiger partial charge in [-0.25, -0.2) is 0 Å². The Kier molecular flexibility index (Phi) is 55.5. The number of aliphatic hydroxyl groups is 2. The summed E-state index contributed by atoms with van der Waals surface area (Å²) < 4.78 is 5.46. The van der Waals surface area contributed by atoms with E-state index in [1.165, 1.54) is 250 Å². The molecule has 0 spiro atoms. The molecule has 0 bridgehead atoms. The molecular formula is C61H117NO5. The average molecular weight is 945 g/mol. The van der Waals surface area contributed by atoms with Crippen molar-refractivity contribution in [2.75, 3.05) is 13.2 Å². The second kappa shape index (κ2) is 56.9. The molecule has 0 aromatic rings. The van der Waals surface area contributed by atoms with E-state index in [4.69, 9.17) is 4.74 Å². The Morgan fingerprint density at radius 1 is 0.403 bits per heavy atom. The van der Waals surface area contributed by atoms with Crippen molar-refractivity contribution in [3.63, 3.8) is 0 Å². The van der Waals surface area contributed by atoms with Gasteiger partial charge in [-0.05, 0) is 70.6 Å². The van der Waals surface area contributed by atoms with Crippen LogP contribution in [0.3, 0.4) is 0 Å². The first kappa shape index (κ1) is 65.3. The number of esters is 1. The van der Waals surface area contributed by atoms with Crippen molar-refractivity contribution < 1.29 is 24.5 Å². The molecule has 396 valence electrons. The number of hydrogen-bond acceptors (Lipinski definition) is 5. The van der Waals surface area contributed by atoms with Gasteiger partial charge in [0.2, 0.25) is 5.91 Å². The molecule has 6 nitrogen and oxygen atoms in total. The van der Waals surface area contributed by atoms with Crippen molar-refractivity contribution in [3.8, 4) is 0 Å². The van der Waals surface area contributed by atoms with E-state index < -0.39 is 12.1 Å². The number of nitrogens with one attached hydrogen (secondary N) is 1. The molecule has 0 aliphatic rings. The van der Waals surface area contributed by atoms with Gasteiger partial charge in [-0.3, -0.25) is 9.59 Å². The van der Waals surface area contributed by atoms with E-state index in [1.54, 1.807) is 0 Å². The lowest BCUT2D eigenvalue weighted by atomic mass is 10.0. The minimum absolute atomic E-state index is 0.00468. The fourth-order valence-electron chi connectivity index (χ4n) is 9.32. The molecule has 0 aromatic heterocycles. The highest BCUT2D eigenvalue weighted by molar-refractivity contribution is 5.76. The van der Waals surface area contributed by atoms with Crippen molar-refractivity contribution in [1.29, 1.82) is 0 Å². The van der Waals surface area contributed by atoms with Gasteiger partial charge in [0, 0.05) is 12.8 Å². The van der Waals surface area contributed by atoms with Crippen LogP contribution in [0.1, 0.15) is 328 Å². The summed E-state index contributed by atoms with van der Waals surface area (Å²) >= 11 is 0. The van der Waals surface area contributed by atoms with Gasteiger partial charge in [0.1, 0.15) is 0 Å². The van der Waals surface area contributed by atoms with Crippen LogP contribution in [-0.4, -0.2) is 47.4 Å². The summed E-state index contributed by atoms with van der Waals surface area (Å²) in [5.41, 5.74) is 0. The van der Waals surface area contributed by atoms with Gasteiger partial charge in [-0.15, -0.1) is 0 Å². The molecule has 3 N–H and O–H groups in total. The van der Waals surface area contributed by atoms with Gasteiger partial charge >= 0.3 is 5.97 Å². The molecule has 2 atom stereocenters. The molecule has 0 aliphatic heterocycles. The number of allylic oxidation sites excluding steroid dienone is 4. The number of ether oxygens (including phenoxy) is 1. The van der Waals surface area contributed by atoms with Crippen LogP contribution in [-0.2, 0) is 14.3 Å². The number of unbranched alkanes of at least 4 members (excludes halogenated alkanes) is 41. The van der Waals surface area contributed by atoms with Crippen LogP contribution in [0.5, 0.6) is 0 Å². The van der Waals surface area contributed by atoms with Crippen molar-refractivity contribution in [1.82, 2.24) is 5.32 Å². The highest BCUT2D eigenvalue weighted by atomic mass is 16.5. The van der Waals surface area contributed by atoms with Crippen LogP contribution in [0.15, 0.2) is 24.3 Å². The third kappa shape index (κ3) is 53.5. The second-order valence-electron chi connectivity index (χ2n) is 20.7. The molecule has 2 unspecified atom stereocenters. The average Bonchev–Trinajstić information content (AvgIpc) is 3.33. The SMILES string of the molecule is CCCC/C=C\CCCCCCCC(=O)OCCCCCCCCCCCCCC/C=C\CCCCCCCCCCCCCCC(=O)NC(CO)C(O)CCCCCCCCCCCCC. The molecule has 0 saturated carbocycles. The fraction of sp³-hybridized carbons (Fsp3) is 0.902. The summed E-state index contributed by atoms with van der Waals surface area (Å²) in [6.07, 6.45) is 69.1. The molecule has 67 heavy (non-hydrogen) atoms. The van der Waals surface area contributed by atoms with Crippen molar-refractivity contribution in [2.24, 2.45) is 0 Å². The Hall–Kier alpha value is -1.66. The minimum Gasteiger partial charge on any atom is -0.466 e. The zero-order valence-corrected chi connectivity index (χ0v) is 45.1. The van der Waals surface area contributed by atoms with Gasteiger partial charge in [0.05, 0.1) is 25.4 Å². The summed E-state index contributed by atoms with van der Waals surface area (Å²) in [6.45, 7) is 4.92. The quantitative estimate of drug-likeness (QED) is 0.0321. The maximum absolute atomic E-state index is 12.4. The molecular weight excluding hydrogens is 827 g/mol. The molecule has 6 heteroatoms. The number of amides is 1. The Morgan fingerprint density at radius 2 is 0.716 bits per heavy atom. The third-order valence-corrected chi connectivity index (χ3v) is 14.0. The van der Waals surface area contributed by atoms with E-state index in [2.05, 4.69) is 43.5 Å². The van der Waals surface area contributed by atoms with E-state index >= 15 is 0 Å². The van der Waals surface area contributed by atoms with Gasteiger partial charge in [0.25, 0.3) is 0 Å². The van der Waals surface area contributed by atoms with E-state index in [0.29, 0.717) is 25.9 Å². The van der Waals surface area contributed by atoms with E-state index in [1.807, 2.05) is 0 Å². The molecule has 1 amide bonds. The number of rotatable bonds is 56. The van der Waals surface area contributed by atoms with E-state index in [0.717, 1.165) is 44.9 Å². The summed E-state index contributed by atoms with van der Waals surface area (Å²) in [5, 5.41) is 23.2. The second-order valence-corrected chi connectivity index (χ2v) is 20.7. The largest absolute Gasteiger partial charge is 0.466 e. The van der Waals surface area contributed by atoms with Crippen molar-refractivity contribution in [3.05, 3.63) is 24.3 Å². The van der Waals surface area contributed by atoms with Crippen LogP contribution in [0.2, 0.25) is 0 Å². The van der Waals surface area contributed by atoms with Crippen LogP contribution >= 0.6 is 0 Å². The van der Waals surface area contributed by atoms with Gasteiger partial charge in [-0.1, -0.05) is 269 Å². The van der Waals surface area contributed by atoms with Crippen molar-refractivity contribution in [2.45, 2.75) is 341 Å². The Labute approximate surface area is 418 Å². The molecule has 0 radical (unpaired) electrons. The Bertz CT molecular complexity index is 1040. The smallest absolute Gasteiger partial charge is 0.305 e. The van der Waals surface area contributed by atoms with Gasteiger partial charge < -0.3 is 20.3 Å². The first-order valence-corrected chi connectivity index (χ1v) is 30.1. The maximum atomic E-state index is 12.4. The number of hydrogen-bond donors (Lipinski definition) is 3. The molecule has 0 saturated heterocycles. The number of carbonyl (C=O) groups is 2. The number of aliphatic hydroxyl groups excluding tert-OH is 2. The topological polar surface area (TPSA) is 95.9 Å². The van der Waals surface area contributed by atoms with E-state index in [9.17, 15) is 19.8 Å². The molecule has 0 rings (SSSR count). The van der Waals surface area contributed by atoms with Crippen LogP contribution < -0.4 is 5.32 Å². The van der Waals surface area contributed by atoms with Gasteiger partial charge in [-0.2, -0.15) is 0 Å². The summed E-state index contributed by atoms with van der Waals surface area (Å²) in [6, 6.07) is -0.539. The predicted molar refractivity (Wildman–Crippen MR) is 292 cm³/mol. The first-order chi connectivity index (χ1) is 33.0. The fourth-order valence-corrected chi connectivity index (χ4v) is 9.32. The van der Waals surface area contributed by atoms with Gasteiger partial charge in [0.15, 0.2) is 0 Å². The number of carbonyl (C=O) groups excluding carboxylic acids is 2. The molecule has 0 aliphatic carbocycles. The zero-order chi connectivity index (χ0) is 48.6. The summed E-state index contributed by atoms with van der Waals surface area (Å²) in [5.74, 6) is -0.0304. The Balaban J connectivity index is 3.36. The maximum Gasteiger partial charge on any atom is 0.305 e. The highest BCUT2D eigenvalue weighted by Gasteiger charge is 2.20. The lowest BCUT2D eigenvalue weighted by Gasteiger charge is -2.22. The minimum atomic E-state index is -0.662. The molecule has 0 heterocycles. The van der Waals surface area contributed by atoms with Crippen LogP contribution in [0, 0.1) is 0 Å². The van der Waals surface area contributed by atoms with Crippen LogP contribution in [0.4, 0.5) is 0 Å². The lowest BCUT2D eigenvalue weighted by Crippen LogP contribution is -2.45. The monoisotopic (exact) mass is 944 g/mol. The highest BCUT2D eigenvalue weighted by Crippen LogP contribution is 2.17. The first-order valence-electron chi connectivity index (χ1n) is 30.1. The van der Waals surface area contributed by atoms with Crippen molar-refractivity contribution >= 4 is 11.9 Å². The zero-order valence-electron chi connectivity index (χ0n) is 45.1. The predicted octanol–water partition coefficient (Wildman–Crippen LogP) is 18.6. The van der Waals surface area contributed by atoms with Crippen LogP contribution in [0.25, 0.3) is 0 Å². The summed E-state index contributed by atoms with van der Waals surface area (Å²) in [7, 11) is 0. The molecule has 0 aromatic carbocycles. The third-order valence-electron chi connectivity index (χ3n) is 14.0. The van der Waals surface area contributed by atoms with E-state index in [-0.39, 0.29) is 18.5 Å². The normalized spacial score (nSPS) is 12.7. The summed E-state index contributed by atoms with van der Waals surface area (Å²) in [4.78, 5) is 24.4. The standard InChI is InChI=1S/C61H117NO5/c1-3-5-7-9-11-13-33-37-41-45-49-53-59(64)58(57-63)62-60(65)54-50-46-42-38-35-31-29-27-25-23-21-19-17-15-16-18-20-22-24-26-28-30-32-36-40-44-48-52-56-67-61(66)55-51-47-43-39-34-14-12-10-8-6-4-2/h10,12,15-16,58-59,63-64H,3-9,11,13-14,17-57H2,1-2H3,(H,62,65)/b12-10-,16-15-.